The molecule has 1 rings (SSSR count). The van der Waals surface area contributed by atoms with E-state index in [-0.39, 0.29) is 16.7 Å². The molecule has 0 radical (unpaired) electrons. The lowest BCUT2D eigenvalue weighted by molar-refractivity contribution is -0.140. The molecule has 0 atom stereocenters. The molecule has 1 aromatic rings. The first kappa shape index (κ1) is 10.7. The van der Waals surface area contributed by atoms with Gasteiger partial charge in [0.05, 0.1) is 17.9 Å². The lowest BCUT2D eigenvalue weighted by Gasteiger charge is -2.09. The minimum absolute atomic E-state index is 0.0132. The second kappa shape index (κ2) is 3.75. The molecule has 0 aliphatic heterocycles. The summed E-state index contributed by atoms with van der Waals surface area (Å²) in [6.45, 7) is -1.12. The van der Waals surface area contributed by atoms with E-state index in [1.165, 1.54) is 0 Å². The summed E-state index contributed by atoms with van der Waals surface area (Å²) in [5, 5.41) is 0.0132. The van der Waals surface area contributed by atoms with Gasteiger partial charge in [0.25, 0.3) is 0 Å². The molecule has 0 saturated carbocycles. The van der Waals surface area contributed by atoms with E-state index in [4.69, 9.17) is 23.2 Å². The Morgan fingerprint density at radius 3 is 2.54 bits per heavy atom. The SMILES string of the molecule is FC(F)(F)Cn1cnc(Cl)c1CCl. The standard InChI is InChI=1S/C6H5Cl2F3N2/c7-1-4-5(8)12-3-13(4)2-6(9,10)11/h3H,1-2H2. The number of nitrogens with zero attached hydrogens (tertiary/aromatic N) is 2. The highest BCUT2D eigenvalue weighted by Crippen LogP contribution is 2.22. The Labute approximate surface area is 82.3 Å². The fraction of sp³-hybridized carbons (Fsp3) is 0.500. The van der Waals surface area contributed by atoms with Gasteiger partial charge in [-0.3, -0.25) is 0 Å². The van der Waals surface area contributed by atoms with Gasteiger partial charge in [-0.2, -0.15) is 13.2 Å². The van der Waals surface area contributed by atoms with Crippen LogP contribution >= 0.6 is 23.2 Å². The fourth-order valence-electron chi connectivity index (χ4n) is 0.844. The molecule has 0 saturated heterocycles. The molecule has 0 spiro atoms. The van der Waals surface area contributed by atoms with Crippen LogP contribution in [-0.2, 0) is 12.4 Å². The summed E-state index contributed by atoms with van der Waals surface area (Å²) in [6, 6.07) is 0. The van der Waals surface area contributed by atoms with Gasteiger partial charge in [0, 0.05) is 0 Å². The van der Waals surface area contributed by atoms with Crippen LogP contribution < -0.4 is 0 Å². The maximum atomic E-state index is 11.9. The number of halogens is 5. The molecule has 13 heavy (non-hydrogen) atoms. The summed E-state index contributed by atoms with van der Waals surface area (Å²) in [5.41, 5.74) is 0.181. The minimum atomic E-state index is -4.29. The number of hydrogen-bond acceptors (Lipinski definition) is 1. The Kier molecular flexibility index (Phi) is 3.08. The average Bonchev–Trinajstić information content (AvgIpc) is 2.28. The molecule has 7 heteroatoms. The molecule has 74 valence electrons. The lowest BCUT2D eigenvalue weighted by Crippen LogP contribution is -2.18. The second-order valence-corrected chi connectivity index (χ2v) is 2.98. The Morgan fingerprint density at radius 1 is 1.46 bits per heavy atom. The van der Waals surface area contributed by atoms with Crippen molar-refractivity contribution in [2.45, 2.75) is 18.6 Å². The van der Waals surface area contributed by atoms with Crippen LogP contribution in [0.15, 0.2) is 6.33 Å². The predicted octanol–water partition coefficient (Wildman–Crippen LogP) is 2.84. The molecule has 0 aromatic carbocycles. The number of imidazole rings is 1. The Balaban J connectivity index is 2.89. The van der Waals surface area contributed by atoms with Crippen molar-refractivity contribution in [2.24, 2.45) is 0 Å². The van der Waals surface area contributed by atoms with Gasteiger partial charge in [-0.05, 0) is 0 Å². The van der Waals surface area contributed by atoms with E-state index in [0.29, 0.717) is 0 Å². The maximum Gasteiger partial charge on any atom is 0.406 e. The molecule has 2 nitrogen and oxygen atoms in total. The number of alkyl halides is 4. The number of aromatic nitrogens is 2. The first-order valence-electron chi connectivity index (χ1n) is 3.26. The van der Waals surface area contributed by atoms with Crippen molar-refractivity contribution in [3.63, 3.8) is 0 Å². The molecule has 0 fully saturated rings. The second-order valence-electron chi connectivity index (χ2n) is 2.36. The zero-order valence-electron chi connectivity index (χ0n) is 6.28. The maximum absolute atomic E-state index is 11.9. The van der Waals surface area contributed by atoms with Crippen LogP contribution in [0.2, 0.25) is 5.15 Å². The third-order valence-corrected chi connectivity index (χ3v) is 1.94. The summed E-state index contributed by atoms with van der Waals surface area (Å²) < 4.78 is 36.7. The smallest absolute Gasteiger partial charge is 0.323 e. The topological polar surface area (TPSA) is 17.8 Å². The third kappa shape index (κ3) is 2.77. The van der Waals surface area contributed by atoms with E-state index in [2.05, 4.69) is 4.98 Å². The largest absolute Gasteiger partial charge is 0.406 e. The van der Waals surface area contributed by atoms with E-state index in [1.54, 1.807) is 0 Å². The Bertz CT molecular complexity index is 295. The molecular weight excluding hydrogens is 228 g/mol. The third-order valence-electron chi connectivity index (χ3n) is 1.37. The van der Waals surface area contributed by atoms with E-state index < -0.39 is 12.7 Å². The monoisotopic (exact) mass is 232 g/mol. The normalized spacial score (nSPS) is 12.1. The van der Waals surface area contributed by atoms with Crippen LogP contribution in [0.25, 0.3) is 0 Å². The van der Waals surface area contributed by atoms with Crippen molar-refractivity contribution < 1.29 is 13.2 Å². The van der Waals surface area contributed by atoms with Gasteiger partial charge in [-0.15, -0.1) is 11.6 Å². The van der Waals surface area contributed by atoms with Crippen molar-refractivity contribution in [1.82, 2.24) is 9.55 Å². The van der Waals surface area contributed by atoms with E-state index in [1.807, 2.05) is 0 Å². The molecule has 0 amide bonds. The highest BCUT2D eigenvalue weighted by Gasteiger charge is 2.29. The van der Waals surface area contributed by atoms with Crippen molar-refractivity contribution >= 4 is 23.2 Å². The minimum Gasteiger partial charge on any atom is -0.323 e. The van der Waals surface area contributed by atoms with Gasteiger partial charge in [-0.1, -0.05) is 11.6 Å². The van der Waals surface area contributed by atoms with Crippen molar-refractivity contribution in [1.29, 1.82) is 0 Å². The zero-order chi connectivity index (χ0) is 10.1. The molecule has 1 aromatic heterocycles. The van der Waals surface area contributed by atoms with Crippen molar-refractivity contribution in [3.8, 4) is 0 Å². The molecule has 0 aliphatic carbocycles. The number of hydrogen-bond donors (Lipinski definition) is 0. The van der Waals surface area contributed by atoms with Gasteiger partial charge in [0.1, 0.15) is 6.54 Å². The fourth-order valence-corrected chi connectivity index (χ4v) is 1.41. The lowest BCUT2D eigenvalue weighted by atomic mass is 10.5. The number of rotatable bonds is 2. The molecule has 0 unspecified atom stereocenters. The van der Waals surface area contributed by atoms with Crippen LogP contribution in [0.3, 0.4) is 0 Å². The first-order chi connectivity index (χ1) is 5.94. The molecule has 0 aliphatic rings. The van der Waals surface area contributed by atoms with Crippen LogP contribution in [0.1, 0.15) is 5.69 Å². The highest BCUT2D eigenvalue weighted by molar-refractivity contribution is 6.31. The summed E-state index contributed by atoms with van der Waals surface area (Å²) >= 11 is 10.9. The highest BCUT2D eigenvalue weighted by atomic mass is 35.5. The van der Waals surface area contributed by atoms with Gasteiger partial charge >= 0.3 is 6.18 Å². The van der Waals surface area contributed by atoms with Gasteiger partial charge in [0.15, 0.2) is 5.15 Å². The first-order valence-corrected chi connectivity index (χ1v) is 4.17. The summed E-state index contributed by atoms with van der Waals surface area (Å²) in [5.74, 6) is -0.0884. The van der Waals surface area contributed by atoms with E-state index >= 15 is 0 Å². The Morgan fingerprint density at radius 2 is 2.08 bits per heavy atom. The van der Waals surface area contributed by atoms with Crippen LogP contribution in [0.4, 0.5) is 13.2 Å². The predicted molar refractivity (Wildman–Crippen MR) is 42.8 cm³/mol. The molecule has 0 N–H and O–H groups in total. The average molecular weight is 233 g/mol. The van der Waals surface area contributed by atoms with E-state index in [9.17, 15) is 13.2 Å². The summed E-state index contributed by atoms with van der Waals surface area (Å²) in [4.78, 5) is 3.52. The summed E-state index contributed by atoms with van der Waals surface area (Å²) in [7, 11) is 0. The van der Waals surface area contributed by atoms with Crippen molar-refractivity contribution in [3.05, 3.63) is 17.2 Å². The van der Waals surface area contributed by atoms with Crippen LogP contribution in [0.5, 0.6) is 0 Å². The zero-order valence-corrected chi connectivity index (χ0v) is 7.79. The van der Waals surface area contributed by atoms with Crippen LogP contribution in [-0.4, -0.2) is 15.7 Å². The van der Waals surface area contributed by atoms with Gasteiger partial charge in [-0.25, -0.2) is 4.98 Å². The van der Waals surface area contributed by atoms with Gasteiger partial charge in [0.2, 0.25) is 0 Å². The van der Waals surface area contributed by atoms with Crippen LogP contribution in [0, 0.1) is 0 Å². The molecule has 0 bridgehead atoms. The molecule has 1 heterocycles. The summed E-state index contributed by atoms with van der Waals surface area (Å²) in [6.07, 6.45) is -3.27. The van der Waals surface area contributed by atoms with Crippen molar-refractivity contribution in [2.75, 3.05) is 0 Å². The molecular formula is C6H5Cl2F3N2. The quantitative estimate of drug-likeness (QED) is 0.718. The van der Waals surface area contributed by atoms with E-state index in [0.717, 1.165) is 10.9 Å². The van der Waals surface area contributed by atoms with Gasteiger partial charge < -0.3 is 4.57 Å². The Hall–Kier alpha value is -0.420.